The monoisotopic (exact) mass is 346 g/mol. The van der Waals surface area contributed by atoms with E-state index in [9.17, 15) is 18.0 Å². The molecule has 2 N–H and O–H groups in total. The SMILES string of the molecule is Cn1ncc(C(=O)ON=C(N)c2ccc(Cl)cc2)c1C(F)(F)F. The summed E-state index contributed by atoms with van der Waals surface area (Å²) < 4.78 is 39.1. The lowest BCUT2D eigenvalue weighted by atomic mass is 10.2. The Labute approximate surface area is 133 Å². The average molecular weight is 347 g/mol. The molecule has 122 valence electrons. The first-order valence-corrected chi connectivity index (χ1v) is 6.48. The Morgan fingerprint density at radius 2 is 1.96 bits per heavy atom. The molecular formula is C13H10ClF3N4O2. The number of amidine groups is 1. The molecule has 0 bridgehead atoms. The summed E-state index contributed by atoms with van der Waals surface area (Å²) in [5.41, 5.74) is 3.99. The molecule has 10 heteroatoms. The second-order valence-electron chi connectivity index (χ2n) is 4.39. The fraction of sp³-hybridized carbons (Fsp3) is 0.154. The van der Waals surface area contributed by atoms with Crippen molar-refractivity contribution in [2.24, 2.45) is 17.9 Å². The molecule has 0 aliphatic heterocycles. The van der Waals surface area contributed by atoms with Gasteiger partial charge >= 0.3 is 12.1 Å². The van der Waals surface area contributed by atoms with Crippen molar-refractivity contribution in [3.8, 4) is 0 Å². The molecule has 0 saturated heterocycles. The van der Waals surface area contributed by atoms with Gasteiger partial charge in [0.2, 0.25) is 0 Å². The van der Waals surface area contributed by atoms with Crippen molar-refractivity contribution in [3.05, 3.63) is 52.3 Å². The van der Waals surface area contributed by atoms with E-state index in [-0.39, 0.29) is 5.84 Å². The summed E-state index contributed by atoms with van der Waals surface area (Å²) in [7, 11) is 1.06. The maximum Gasteiger partial charge on any atom is 0.433 e. The predicted octanol–water partition coefficient (Wildman–Crippen LogP) is 2.57. The van der Waals surface area contributed by atoms with E-state index in [1.807, 2.05) is 0 Å². The third kappa shape index (κ3) is 3.81. The van der Waals surface area contributed by atoms with Gasteiger partial charge in [-0.2, -0.15) is 18.3 Å². The van der Waals surface area contributed by atoms with Gasteiger partial charge in [0.15, 0.2) is 11.5 Å². The highest BCUT2D eigenvalue weighted by Gasteiger charge is 2.40. The smallest absolute Gasteiger partial charge is 0.380 e. The standard InChI is InChI=1S/C13H10ClF3N4O2/c1-21-10(13(15,16)17)9(6-19-21)12(22)23-20-11(18)7-2-4-8(14)5-3-7/h2-6H,1H3,(H2,18,20). The number of halogens is 4. The molecule has 6 nitrogen and oxygen atoms in total. The van der Waals surface area contributed by atoms with Gasteiger partial charge in [-0.3, -0.25) is 4.68 Å². The van der Waals surface area contributed by atoms with E-state index in [1.54, 1.807) is 0 Å². The van der Waals surface area contributed by atoms with Gasteiger partial charge in [0.1, 0.15) is 5.56 Å². The molecule has 0 aliphatic rings. The Morgan fingerprint density at radius 1 is 1.35 bits per heavy atom. The number of nitrogens with zero attached hydrogens (tertiary/aromatic N) is 3. The number of nitrogens with two attached hydrogens (primary N) is 1. The zero-order valence-electron chi connectivity index (χ0n) is 11.6. The number of aromatic nitrogens is 2. The topological polar surface area (TPSA) is 82.5 Å². The lowest BCUT2D eigenvalue weighted by Gasteiger charge is -2.08. The van der Waals surface area contributed by atoms with Gasteiger partial charge in [0, 0.05) is 17.6 Å². The third-order valence-corrected chi connectivity index (χ3v) is 3.05. The van der Waals surface area contributed by atoms with Crippen LogP contribution in [0, 0.1) is 0 Å². The van der Waals surface area contributed by atoms with Crippen LogP contribution < -0.4 is 5.73 Å². The molecule has 0 unspecified atom stereocenters. The van der Waals surface area contributed by atoms with Crippen LogP contribution >= 0.6 is 11.6 Å². The third-order valence-electron chi connectivity index (χ3n) is 2.79. The number of oxime groups is 1. The van der Waals surface area contributed by atoms with Gasteiger partial charge in [-0.25, -0.2) is 4.79 Å². The zero-order valence-corrected chi connectivity index (χ0v) is 12.4. The minimum absolute atomic E-state index is 0.188. The van der Waals surface area contributed by atoms with Gasteiger partial charge in [-0.1, -0.05) is 16.8 Å². The van der Waals surface area contributed by atoms with Gasteiger partial charge in [-0.05, 0) is 24.3 Å². The first-order chi connectivity index (χ1) is 10.7. The normalized spacial score (nSPS) is 12.3. The number of hydrogen-bond donors (Lipinski definition) is 1. The van der Waals surface area contributed by atoms with Crippen LogP contribution in [0.2, 0.25) is 5.02 Å². The summed E-state index contributed by atoms with van der Waals surface area (Å²) >= 11 is 5.70. The molecule has 1 heterocycles. The summed E-state index contributed by atoms with van der Waals surface area (Å²) in [5, 5.41) is 7.19. The van der Waals surface area contributed by atoms with Crippen molar-refractivity contribution < 1.29 is 22.8 Å². The van der Waals surface area contributed by atoms with Gasteiger partial charge in [-0.15, -0.1) is 0 Å². The Morgan fingerprint density at radius 3 is 2.52 bits per heavy atom. The van der Waals surface area contributed by atoms with E-state index in [2.05, 4.69) is 15.1 Å². The zero-order chi connectivity index (χ0) is 17.2. The molecule has 0 fully saturated rings. The van der Waals surface area contributed by atoms with Crippen LogP contribution in [-0.4, -0.2) is 21.6 Å². The highest BCUT2D eigenvalue weighted by Crippen LogP contribution is 2.31. The van der Waals surface area contributed by atoms with E-state index < -0.39 is 23.4 Å². The van der Waals surface area contributed by atoms with Crippen molar-refractivity contribution in [1.82, 2.24) is 9.78 Å². The van der Waals surface area contributed by atoms with Gasteiger partial charge in [0.05, 0.1) is 6.20 Å². The maximum absolute atomic E-state index is 12.9. The number of alkyl halides is 3. The minimum atomic E-state index is -4.76. The molecule has 0 saturated carbocycles. The van der Waals surface area contributed by atoms with Crippen LogP contribution in [0.15, 0.2) is 35.6 Å². The van der Waals surface area contributed by atoms with E-state index in [0.29, 0.717) is 15.3 Å². The highest BCUT2D eigenvalue weighted by molar-refractivity contribution is 6.30. The molecule has 0 atom stereocenters. The summed E-state index contributed by atoms with van der Waals surface area (Å²) in [6.45, 7) is 0. The summed E-state index contributed by atoms with van der Waals surface area (Å²) in [6.07, 6.45) is -4.01. The number of rotatable bonds is 3. The Bertz CT molecular complexity index is 754. The lowest BCUT2D eigenvalue weighted by Crippen LogP contribution is -2.18. The minimum Gasteiger partial charge on any atom is -0.380 e. The number of carbonyl (C=O) groups excluding carboxylic acids is 1. The second-order valence-corrected chi connectivity index (χ2v) is 4.83. The van der Waals surface area contributed by atoms with E-state index >= 15 is 0 Å². The van der Waals surface area contributed by atoms with Crippen molar-refractivity contribution in [2.75, 3.05) is 0 Å². The Kier molecular flexibility index (Phi) is 4.60. The number of hydrogen-bond acceptors (Lipinski definition) is 4. The molecule has 23 heavy (non-hydrogen) atoms. The van der Waals surface area contributed by atoms with E-state index in [1.165, 1.54) is 24.3 Å². The fourth-order valence-electron chi connectivity index (χ4n) is 1.74. The first kappa shape index (κ1) is 16.8. The lowest BCUT2D eigenvalue weighted by molar-refractivity contribution is -0.144. The average Bonchev–Trinajstić information content (AvgIpc) is 2.87. The largest absolute Gasteiger partial charge is 0.433 e. The van der Waals surface area contributed by atoms with E-state index in [4.69, 9.17) is 17.3 Å². The van der Waals surface area contributed by atoms with Crippen LogP contribution in [-0.2, 0) is 18.1 Å². The van der Waals surface area contributed by atoms with Crippen molar-refractivity contribution in [3.63, 3.8) is 0 Å². The Balaban J connectivity index is 2.20. The predicted molar refractivity (Wildman–Crippen MR) is 75.8 cm³/mol. The second kappa shape index (κ2) is 6.29. The summed E-state index contributed by atoms with van der Waals surface area (Å²) in [5.74, 6) is -1.50. The quantitative estimate of drug-likeness (QED) is 0.401. The number of aryl methyl sites for hydroxylation is 1. The molecule has 1 aromatic carbocycles. The number of carbonyl (C=O) groups is 1. The molecular weight excluding hydrogens is 337 g/mol. The fourth-order valence-corrected chi connectivity index (χ4v) is 1.86. The first-order valence-electron chi connectivity index (χ1n) is 6.10. The summed E-state index contributed by atoms with van der Waals surface area (Å²) in [6, 6.07) is 6.09. The van der Waals surface area contributed by atoms with Crippen molar-refractivity contribution in [2.45, 2.75) is 6.18 Å². The maximum atomic E-state index is 12.9. The molecule has 0 radical (unpaired) electrons. The number of benzene rings is 1. The molecule has 2 rings (SSSR count). The molecule has 2 aromatic rings. The van der Waals surface area contributed by atoms with Crippen LogP contribution in [0.1, 0.15) is 21.6 Å². The molecule has 0 spiro atoms. The van der Waals surface area contributed by atoms with E-state index in [0.717, 1.165) is 13.2 Å². The van der Waals surface area contributed by atoms with Gasteiger partial charge in [0.25, 0.3) is 0 Å². The van der Waals surface area contributed by atoms with Crippen molar-refractivity contribution in [1.29, 1.82) is 0 Å². The summed E-state index contributed by atoms with van der Waals surface area (Å²) in [4.78, 5) is 16.2. The molecule has 0 aliphatic carbocycles. The highest BCUT2D eigenvalue weighted by atomic mass is 35.5. The molecule has 0 amide bonds. The Hall–Kier alpha value is -2.55. The van der Waals surface area contributed by atoms with Crippen LogP contribution in [0.5, 0.6) is 0 Å². The van der Waals surface area contributed by atoms with Crippen molar-refractivity contribution >= 4 is 23.4 Å². The van der Waals surface area contributed by atoms with Crippen LogP contribution in [0.3, 0.4) is 0 Å². The van der Waals surface area contributed by atoms with Crippen LogP contribution in [0.4, 0.5) is 13.2 Å². The van der Waals surface area contributed by atoms with Gasteiger partial charge < -0.3 is 10.6 Å². The molecule has 1 aromatic heterocycles. The van der Waals surface area contributed by atoms with Crippen LogP contribution in [0.25, 0.3) is 0 Å².